The molecule has 2 aliphatic rings. The number of piperazine rings is 1. The highest BCUT2D eigenvalue weighted by Gasteiger charge is 2.37. The first-order valence-electron chi connectivity index (χ1n) is 9.50. The molecule has 1 aliphatic carbocycles. The number of hydrogen-bond acceptors (Lipinski definition) is 2. The summed E-state index contributed by atoms with van der Waals surface area (Å²) in [6.07, 6.45) is 9.65. The Labute approximate surface area is 133 Å². The summed E-state index contributed by atoms with van der Waals surface area (Å²) in [5, 5.41) is 3.74. The lowest BCUT2D eigenvalue weighted by molar-refractivity contribution is 0.0321. The molecule has 0 aromatic heterocycles. The molecule has 1 saturated heterocycles. The van der Waals surface area contributed by atoms with Gasteiger partial charge in [-0.25, -0.2) is 0 Å². The van der Waals surface area contributed by atoms with Crippen molar-refractivity contribution in [1.82, 2.24) is 10.2 Å². The van der Waals surface area contributed by atoms with Crippen molar-refractivity contribution < 1.29 is 0 Å². The van der Waals surface area contributed by atoms with E-state index in [2.05, 4.69) is 44.8 Å². The number of rotatable bonds is 5. The second-order valence-electron chi connectivity index (χ2n) is 8.12. The van der Waals surface area contributed by atoms with Crippen LogP contribution in [0.4, 0.5) is 0 Å². The molecular weight excluding hydrogens is 256 g/mol. The standard InChI is InChI=1S/C19H38N2/c1-6-16-14-21(17(7-2)13-20-16)18-11-9-15(10-12-18)19(4,5)8-3/h15-18,20H,6-14H2,1-5H3. The van der Waals surface area contributed by atoms with Gasteiger partial charge in [0, 0.05) is 31.2 Å². The maximum atomic E-state index is 3.74. The summed E-state index contributed by atoms with van der Waals surface area (Å²) in [5.74, 6) is 0.948. The Bertz CT molecular complexity index is 305. The molecule has 0 amide bonds. The van der Waals surface area contributed by atoms with Crippen LogP contribution in [0.5, 0.6) is 0 Å². The van der Waals surface area contributed by atoms with Gasteiger partial charge in [0.1, 0.15) is 0 Å². The van der Waals surface area contributed by atoms with Gasteiger partial charge in [0.05, 0.1) is 0 Å². The van der Waals surface area contributed by atoms with Gasteiger partial charge in [-0.3, -0.25) is 4.90 Å². The van der Waals surface area contributed by atoms with Crippen molar-refractivity contribution in [1.29, 1.82) is 0 Å². The summed E-state index contributed by atoms with van der Waals surface area (Å²) in [5.41, 5.74) is 0.546. The van der Waals surface area contributed by atoms with E-state index >= 15 is 0 Å². The molecule has 0 radical (unpaired) electrons. The van der Waals surface area contributed by atoms with Gasteiger partial charge in [0.25, 0.3) is 0 Å². The number of hydrogen-bond donors (Lipinski definition) is 1. The molecule has 2 rings (SSSR count). The van der Waals surface area contributed by atoms with Crippen molar-refractivity contribution in [2.75, 3.05) is 13.1 Å². The second-order valence-corrected chi connectivity index (χ2v) is 8.12. The lowest BCUT2D eigenvalue weighted by Crippen LogP contribution is -2.59. The van der Waals surface area contributed by atoms with E-state index in [-0.39, 0.29) is 0 Å². The zero-order valence-electron chi connectivity index (χ0n) is 15.1. The molecule has 1 heterocycles. The Morgan fingerprint density at radius 3 is 2.19 bits per heavy atom. The minimum Gasteiger partial charge on any atom is -0.311 e. The van der Waals surface area contributed by atoms with Crippen LogP contribution in [0.15, 0.2) is 0 Å². The predicted octanol–water partition coefficient (Wildman–Crippen LogP) is 4.44. The molecule has 0 aromatic rings. The third kappa shape index (κ3) is 4.01. The van der Waals surface area contributed by atoms with Gasteiger partial charge in [-0.05, 0) is 49.9 Å². The minimum atomic E-state index is 0.546. The lowest BCUT2D eigenvalue weighted by Gasteiger charge is -2.48. The fourth-order valence-corrected chi connectivity index (χ4v) is 4.47. The molecule has 0 aromatic carbocycles. The highest BCUT2D eigenvalue weighted by molar-refractivity contribution is 4.92. The first-order chi connectivity index (χ1) is 10.0. The minimum absolute atomic E-state index is 0.546. The van der Waals surface area contributed by atoms with E-state index in [1.54, 1.807) is 0 Å². The fourth-order valence-electron chi connectivity index (χ4n) is 4.47. The molecule has 2 unspecified atom stereocenters. The van der Waals surface area contributed by atoms with Gasteiger partial charge in [-0.1, -0.05) is 41.0 Å². The molecule has 2 nitrogen and oxygen atoms in total. The van der Waals surface area contributed by atoms with Crippen LogP contribution in [0, 0.1) is 11.3 Å². The maximum Gasteiger partial charge on any atom is 0.0221 e. The molecule has 0 spiro atoms. The summed E-state index contributed by atoms with van der Waals surface area (Å²) in [4.78, 5) is 2.87. The topological polar surface area (TPSA) is 15.3 Å². The first kappa shape index (κ1) is 17.3. The SMILES string of the molecule is CCC1CN(C2CCC(C(C)(C)CC)CC2)C(CC)CN1. The van der Waals surface area contributed by atoms with Crippen molar-refractivity contribution >= 4 is 0 Å². The van der Waals surface area contributed by atoms with Crippen LogP contribution in [-0.4, -0.2) is 36.1 Å². The Kier molecular flexibility index (Phi) is 6.14. The third-order valence-electron chi connectivity index (χ3n) is 6.69. The van der Waals surface area contributed by atoms with Crippen LogP contribution < -0.4 is 5.32 Å². The quantitative estimate of drug-likeness (QED) is 0.806. The zero-order valence-corrected chi connectivity index (χ0v) is 15.1. The Morgan fingerprint density at radius 2 is 1.67 bits per heavy atom. The lowest BCUT2D eigenvalue weighted by atomic mass is 9.68. The normalized spacial score (nSPS) is 35.9. The second kappa shape index (κ2) is 7.46. The first-order valence-corrected chi connectivity index (χ1v) is 9.50. The number of nitrogens with zero attached hydrogens (tertiary/aromatic N) is 1. The van der Waals surface area contributed by atoms with Crippen LogP contribution in [0.2, 0.25) is 0 Å². The summed E-state index contributed by atoms with van der Waals surface area (Å²) >= 11 is 0. The van der Waals surface area contributed by atoms with Crippen molar-refractivity contribution in [2.24, 2.45) is 11.3 Å². The zero-order chi connectivity index (χ0) is 15.5. The molecule has 0 bridgehead atoms. The highest BCUT2D eigenvalue weighted by Crippen LogP contribution is 2.41. The monoisotopic (exact) mass is 294 g/mol. The van der Waals surface area contributed by atoms with E-state index in [1.165, 1.54) is 58.0 Å². The molecule has 2 atom stereocenters. The van der Waals surface area contributed by atoms with Crippen LogP contribution in [0.3, 0.4) is 0 Å². The van der Waals surface area contributed by atoms with Gasteiger partial charge < -0.3 is 5.32 Å². The summed E-state index contributed by atoms with van der Waals surface area (Å²) < 4.78 is 0. The Morgan fingerprint density at radius 1 is 1.00 bits per heavy atom. The molecule has 2 heteroatoms. The molecular formula is C19H38N2. The van der Waals surface area contributed by atoms with Gasteiger partial charge >= 0.3 is 0 Å². The van der Waals surface area contributed by atoms with E-state index < -0.39 is 0 Å². The van der Waals surface area contributed by atoms with Crippen molar-refractivity contribution in [2.45, 2.75) is 97.7 Å². The van der Waals surface area contributed by atoms with E-state index in [9.17, 15) is 0 Å². The van der Waals surface area contributed by atoms with Gasteiger partial charge in [-0.15, -0.1) is 0 Å². The summed E-state index contributed by atoms with van der Waals surface area (Å²) in [6.45, 7) is 14.5. The largest absolute Gasteiger partial charge is 0.311 e. The van der Waals surface area contributed by atoms with Crippen molar-refractivity contribution in [3.05, 3.63) is 0 Å². The van der Waals surface area contributed by atoms with E-state index in [0.717, 1.165) is 24.0 Å². The van der Waals surface area contributed by atoms with Gasteiger partial charge in [0.15, 0.2) is 0 Å². The average Bonchev–Trinajstić information content (AvgIpc) is 2.54. The summed E-state index contributed by atoms with van der Waals surface area (Å²) in [7, 11) is 0. The molecule has 1 saturated carbocycles. The van der Waals surface area contributed by atoms with Gasteiger partial charge in [0.2, 0.25) is 0 Å². The molecule has 2 fully saturated rings. The maximum absolute atomic E-state index is 3.74. The predicted molar refractivity (Wildman–Crippen MR) is 92.7 cm³/mol. The van der Waals surface area contributed by atoms with Crippen LogP contribution in [0.25, 0.3) is 0 Å². The third-order valence-corrected chi connectivity index (χ3v) is 6.69. The molecule has 1 aliphatic heterocycles. The van der Waals surface area contributed by atoms with E-state index in [4.69, 9.17) is 0 Å². The molecule has 124 valence electrons. The average molecular weight is 295 g/mol. The fraction of sp³-hybridized carbons (Fsp3) is 1.00. The molecule has 1 N–H and O–H groups in total. The van der Waals surface area contributed by atoms with Gasteiger partial charge in [-0.2, -0.15) is 0 Å². The Balaban J connectivity index is 1.93. The number of nitrogens with one attached hydrogen (secondary N) is 1. The summed E-state index contributed by atoms with van der Waals surface area (Å²) in [6, 6.07) is 2.35. The van der Waals surface area contributed by atoms with E-state index in [0.29, 0.717) is 5.41 Å². The van der Waals surface area contributed by atoms with Crippen LogP contribution >= 0.6 is 0 Å². The molecule has 21 heavy (non-hydrogen) atoms. The smallest absolute Gasteiger partial charge is 0.0221 e. The van der Waals surface area contributed by atoms with Crippen LogP contribution in [-0.2, 0) is 0 Å². The highest BCUT2D eigenvalue weighted by atomic mass is 15.3. The van der Waals surface area contributed by atoms with Crippen molar-refractivity contribution in [3.8, 4) is 0 Å². The van der Waals surface area contributed by atoms with E-state index in [1.807, 2.05) is 0 Å². The van der Waals surface area contributed by atoms with Crippen LogP contribution in [0.1, 0.15) is 79.6 Å². The Hall–Kier alpha value is -0.0800. The van der Waals surface area contributed by atoms with Crippen molar-refractivity contribution in [3.63, 3.8) is 0 Å².